The maximum atomic E-state index is 12.5. The Bertz CT molecular complexity index is 546. The summed E-state index contributed by atoms with van der Waals surface area (Å²) in [6.07, 6.45) is 8.98. The second-order valence-electron chi connectivity index (χ2n) is 7.24. The van der Waals surface area contributed by atoms with Gasteiger partial charge in [0, 0.05) is 12.0 Å². The van der Waals surface area contributed by atoms with Gasteiger partial charge >= 0.3 is 0 Å². The van der Waals surface area contributed by atoms with E-state index in [1.807, 2.05) is 12.1 Å². The van der Waals surface area contributed by atoms with Gasteiger partial charge in [0.25, 0.3) is 0 Å². The number of hydrogen-bond acceptors (Lipinski definition) is 1. The number of rotatable bonds is 1. The van der Waals surface area contributed by atoms with Crippen LogP contribution in [0.3, 0.4) is 0 Å². The van der Waals surface area contributed by atoms with E-state index in [9.17, 15) is 4.79 Å². The van der Waals surface area contributed by atoms with Crippen molar-refractivity contribution in [3.8, 4) is 0 Å². The van der Waals surface area contributed by atoms with Gasteiger partial charge in [0.1, 0.15) is 0 Å². The average molecular weight is 268 g/mol. The molecule has 4 rings (SSSR count). The van der Waals surface area contributed by atoms with Crippen molar-refractivity contribution in [1.82, 2.24) is 0 Å². The van der Waals surface area contributed by atoms with Gasteiger partial charge in [0.15, 0.2) is 5.78 Å². The Hall–Kier alpha value is -1.11. The highest BCUT2D eigenvalue weighted by atomic mass is 16.1. The summed E-state index contributed by atoms with van der Waals surface area (Å²) >= 11 is 0. The first-order valence-electron chi connectivity index (χ1n) is 8.37. The zero-order valence-electron chi connectivity index (χ0n) is 12.4. The molecular weight excluding hydrogens is 244 g/mol. The largest absolute Gasteiger partial charge is 0.294 e. The normalized spacial score (nSPS) is 39.0. The molecule has 3 aliphatic carbocycles. The van der Waals surface area contributed by atoms with Crippen LogP contribution in [-0.2, 0) is 0 Å². The van der Waals surface area contributed by atoms with E-state index in [2.05, 4.69) is 19.1 Å². The molecule has 0 heterocycles. The summed E-state index contributed by atoms with van der Waals surface area (Å²) in [6.45, 7) is 2.37. The molecule has 1 nitrogen and oxygen atoms in total. The van der Waals surface area contributed by atoms with Gasteiger partial charge in [-0.15, -0.1) is 0 Å². The zero-order valence-corrected chi connectivity index (χ0v) is 12.4. The maximum Gasteiger partial charge on any atom is 0.163 e. The van der Waals surface area contributed by atoms with Crippen LogP contribution in [-0.4, -0.2) is 5.78 Å². The summed E-state index contributed by atoms with van der Waals surface area (Å²) in [5.74, 6) is 2.50. The van der Waals surface area contributed by atoms with Gasteiger partial charge in [-0.2, -0.15) is 0 Å². The van der Waals surface area contributed by atoms with Crippen molar-refractivity contribution in [2.24, 2.45) is 17.3 Å². The molecule has 0 aliphatic heterocycles. The minimum absolute atomic E-state index is 0.403. The van der Waals surface area contributed by atoms with Crippen LogP contribution in [0.15, 0.2) is 24.3 Å². The summed E-state index contributed by atoms with van der Waals surface area (Å²) in [4.78, 5) is 12.5. The summed E-state index contributed by atoms with van der Waals surface area (Å²) in [5, 5.41) is 0. The van der Waals surface area contributed by atoms with Crippen LogP contribution in [0.4, 0.5) is 0 Å². The summed E-state index contributed by atoms with van der Waals surface area (Å²) < 4.78 is 0. The highest BCUT2D eigenvalue weighted by molar-refractivity contribution is 5.99. The Balaban J connectivity index is 1.76. The van der Waals surface area contributed by atoms with Crippen molar-refractivity contribution >= 4 is 5.78 Å². The van der Waals surface area contributed by atoms with Gasteiger partial charge in [-0.1, -0.05) is 44.0 Å². The van der Waals surface area contributed by atoms with Gasteiger partial charge in [-0.3, -0.25) is 4.79 Å². The first-order chi connectivity index (χ1) is 9.75. The van der Waals surface area contributed by atoms with E-state index in [4.69, 9.17) is 0 Å². The molecule has 0 aromatic heterocycles. The molecule has 106 valence electrons. The van der Waals surface area contributed by atoms with Crippen molar-refractivity contribution in [2.75, 3.05) is 0 Å². The van der Waals surface area contributed by atoms with Crippen molar-refractivity contribution in [1.29, 1.82) is 0 Å². The highest BCUT2D eigenvalue weighted by Gasteiger charge is 2.52. The van der Waals surface area contributed by atoms with E-state index in [0.29, 0.717) is 23.0 Å². The van der Waals surface area contributed by atoms with Gasteiger partial charge in [0.2, 0.25) is 0 Å². The lowest BCUT2D eigenvalue weighted by atomic mass is 9.54. The topological polar surface area (TPSA) is 17.1 Å². The Morgan fingerprint density at radius 3 is 2.90 bits per heavy atom. The molecule has 0 spiro atoms. The number of ketones is 1. The first-order valence-corrected chi connectivity index (χ1v) is 8.37. The third-order valence-corrected chi connectivity index (χ3v) is 6.75. The van der Waals surface area contributed by atoms with Crippen molar-refractivity contribution in [3.63, 3.8) is 0 Å². The minimum atomic E-state index is 0.403. The van der Waals surface area contributed by atoms with Crippen LogP contribution in [0.25, 0.3) is 0 Å². The van der Waals surface area contributed by atoms with Gasteiger partial charge < -0.3 is 0 Å². The molecule has 1 heteroatoms. The van der Waals surface area contributed by atoms with E-state index < -0.39 is 0 Å². The fraction of sp³-hybridized carbons (Fsp3) is 0.632. The Kier molecular flexibility index (Phi) is 2.80. The highest BCUT2D eigenvalue weighted by Crippen LogP contribution is 2.62. The molecule has 1 aromatic carbocycles. The number of carbonyl (C=O) groups excluding carboxylic acids is 1. The summed E-state index contributed by atoms with van der Waals surface area (Å²) in [5.41, 5.74) is 2.97. The maximum absolute atomic E-state index is 12.5. The predicted octanol–water partition coefficient (Wildman–Crippen LogP) is 4.96. The summed E-state index contributed by atoms with van der Waals surface area (Å²) in [6, 6.07) is 8.40. The SMILES string of the molecule is CC[C@@]12CCC[C@H]1[C@@H]1CC(=O)c3ccccc3[C@H]1CC2. The van der Waals surface area contributed by atoms with Crippen LogP contribution in [0.2, 0.25) is 0 Å². The molecular formula is C19H24O. The average Bonchev–Trinajstić information content (AvgIpc) is 2.92. The number of hydrogen-bond donors (Lipinski definition) is 0. The molecule has 0 radical (unpaired) electrons. The van der Waals surface area contributed by atoms with E-state index >= 15 is 0 Å². The third-order valence-electron chi connectivity index (χ3n) is 6.75. The monoisotopic (exact) mass is 268 g/mol. The molecule has 20 heavy (non-hydrogen) atoms. The van der Waals surface area contributed by atoms with Crippen LogP contribution in [0.5, 0.6) is 0 Å². The van der Waals surface area contributed by atoms with E-state index in [1.165, 1.54) is 44.1 Å². The minimum Gasteiger partial charge on any atom is -0.294 e. The molecule has 2 fully saturated rings. The van der Waals surface area contributed by atoms with Crippen molar-refractivity contribution < 1.29 is 4.79 Å². The molecule has 3 aliphatic rings. The number of Topliss-reactive ketones (excluding diaryl/α,β-unsaturated/α-hetero) is 1. The molecule has 1 aromatic rings. The molecule has 0 unspecified atom stereocenters. The smallest absolute Gasteiger partial charge is 0.163 e. The quantitative estimate of drug-likeness (QED) is 0.703. The molecule has 2 saturated carbocycles. The molecule has 0 bridgehead atoms. The number of fused-ring (bicyclic) bond motifs is 5. The lowest BCUT2D eigenvalue weighted by Crippen LogP contribution is -2.42. The Labute approximate surface area is 121 Å². The van der Waals surface area contributed by atoms with E-state index in [-0.39, 0.29) is 0 Å². The van der Waals surface area contributed by atoms with Crippen LogP contribution >= 0.6 is 0 Å². The Morgan fingerprint density at radius 1 is 1.20 bits per heavy atom. The zero-order chi connectivity index (χ0) is 13.7. The van der Waals surface area contributed by atoms with Crippen molar-refractivity contribution in [3.05, 3.63) is 35.4 Å². The number of carbonyl (C=O) groups is 1. The van der Waals surface area contributed by atoms with E-state index in [1.54, 1.807) is 0 Å². The van der Waals surface area contributed by atoms with Gasteiger partial charge in [-0.05, 0) is 54.4 Å². The third kappa shape index (κ3) is 1.58. The fourth-order valence-electron chi connectivity index (χ4n) is 5.77. The second kappa shape index (κ2) is 4.44. The van der Waals surface area contributed by atoms with Crippen molar-refractivity contribution in [2.45, 2.75) is 57.8 Å². The fourth-order valence-corrected chi connectivity index (χ4v) is 5.77. The number of benzene rings is 1. The van der Waals surface area contributed by atoms with Crippen LogP contribution < -0.4 is 0 Å². The molecule has 0 amide bonds. The molecule has 0 N–H and O–H groups in total. The lowest BCUT2D eigenvalue weighted by molar-refractivity contribution is 0.0385. The van der Waals surface area contributed by atoms with Crippen LogP contribution in [0, 0.1) is 17.3 Å². The predicted molar refractivity (Wildman–Crippen MR) is 80.9 cm³/mol. The van der Waals surface area contributed by atoms with Crippen LogP contribution in [0.1, 0.15) is 73.7 Å². The lowest BCUT2D eigenvalue weighted by Gasteiger charge is -2.50. The van der Waals surface area contributed by atoms with Gasteiger partial charge in [0.05, 0.1) is 0 Å². The molecule has 4 atom stereocenters. The van der Waals surface area contributed by atoms with Gasteiger partial charge in [-0.25, -0.2) is 0 Å². The molecule has 0 saturated heterocycles. The second-order valence-corrected chi connectivity index (χ2v) is 7.24. The Morgan fingerprint density at radius 2 is 2.05 bits per heavy atom. The standard InChI is InChI=1S/C19H24O/c1-2-19-10-5-8-17(19)16-12-18(20)15-7-4-3-6-13(15)14(16)9-11-19/h3-4,6-7,14,16-17H,2,5,8-12H2,1H3/t14-,16-,17+,19+/m1/s1. The van der Waals surface area contributed by atoms with E-state index in [0.717, 1.165) is 17.9 Å². The summed E-state index contributed by atoms with van der Waals surface area (Å²) in [7, 11) is 0. The first kappa shape index (κ1) is 12.6.